The van der Waals surface area contributed by atoms with E-state index in [0.29, 0.717) is 11.9 Å². The molecule has 0 saturated heterocycles. The molecule has 1 rings (SSSR count). The number of halogens is 1. The van der Waals surface area contributed by atoms with Crippen LogP contribution in [0.25, 0.3) is 0 Å². The summed E-state index contributed by atoms with van der Waals surface area (Å²) in [6, 6.07) is 6.31. The van der Waals surface area contributed by atoms with Crippen molar-refractivity contribution in [2.24, 2.45) is 0 Å². The van der Waals surface area contributed by atoms with Crippen molar-refractivity contribution in [2.75, 3.05) is 5.88 Å². The van der Waals surface area contributed by atoms with Crippen molar-refractivity contribution in [3.63, 3.8) is 0 Å². The third-order valence-electron chi connectivity index (χ3n) is 1.98. The van der Waals surface area contributed by atoms with Gasteiger partial charge in [-0.15, -0.1) is 11.6 Å². The Bertz CT molecular complexity index is 222. The normalized spacial score (nSPS) is 12.8. The second-order valence-electron chi connectivity index (χ2n) is 2.96. The van der Waals surface area contributed by atoms with Gasteiger partial charge in [-0.05, 0) is 18.6 Å². The van der Waals surface area contributed by atoms with Gasteiger partial charge >= 0.3 is 0 Å². The summed E-state index contributed by atoms with van der Waals surface area (Å²) >= 11 is 5.75. The molecule has 0 amide bonds. The Morgan fingerprint density at radius 3 is 2.92 bits per heavy atom. The van der Waals surface area contributed by atoms with Gasteiger partial charge in [0.1, 0.15) is 0 Å². The maximum absolute atomic E-state index is 5.75. The lowest BCUT2D eigenvalue weighted by Gasteiger charge is -2.12. The van der Waals surface area contributed by atoms with Crippen molar-refractivity contribution >= 4 is 11.6 Å². The summed E-state index contributed by atoms with van der Waals surface area (Å²) in [6.45, 7) is 2.92. The second-order valence-corrected chi connectivity index (χ2v) is 3.27. The van der Waals surface area contributed by atoms with E-state index in [1.807, 2.05) is 18.2 Å². The van der Waals surface area contributed by atoms with Crippen molar-refractivity contribution in [1.82, 2.24) is 10.3 Å². The van der Waals surface area contributed by atoms with E-state index < -0.39 is 0 Å². The molecule has 1 atom stereocenters. The zero-order valence-corrected chi connectivity index (χ0v) is 8.59. The zero-order valence-electron chi connectivity index (χ0n) is 7.83. The van der Waals surface area contributed by atoms with Crippen LogP contribution in [0.5, 0.6) is 0 Å². The van der Waals surface area contributed by atoms with Crippen molar-refractivity contribution in [3.05, 3.63) is 30.1 Å². The molecule has 0 radical (unpaired) electrons. The summed E-state index contributed by atoms with van der Waals surface area (Å²) < 4.78 is 0. The van der Waals surface area contributed by atoms with Crippen molar-refractivity contribution in [3.8, 4) is 0 Å². The molecule has 1 aromatic rings. The second kappa shape index (κ2) is 5.95. The molecule has 0 aromatic carbocycles. The Balaban J connectivity index is 2.34. The van der Waals surface area contributed by atoms with Crippen LogP contribution in [0, 0.1) is 0 Å². The molecular formula is C10H15ClN2. The summed E-state index contributed by atoms with van der Waals surface area (Å²) in [5.41, 5.74) is 1.06. The Kier molecular flexibility index (Phi) is 4.79. The van der Waals surface area contributed by atoms with Gasteiger partial charge in [-0.2, -0.15) is 0 Å². The number of nitrogens with zero attached hydrogens (tertiary/aromatic N) is 1. The largest absolute Gasteiger partial charge is 0.307 e. The summed E-state index contributed by atoms with van der Waals surface area (Å²) in [7, 11) is 0. The topological polar surface area (TPSA) is 24.9 Å². The Hall–Kier alpha value is -0.600. The van der Waals surface area contributed by atoms with Gasteiger partial charge in [-0.1, -0.05) is 13.0 Å². The highest BCUT2D eigenvalue weighted by Gasteiger charge is 2.02. The first-order valence-corrected chi connectivity index (χ1v) is 5.09. The van der Waals surface area contributed by atoms with E-state index in [-0.39, 0.29) is 0 Å². The van der Waals surface area contributed by atoms with Gasteiger partial charge in [-0.3, -0.25) is 4.98 Å². The zero-order chi connectivity index (χ0) is 9.52. The first-order valence-electron chi connectivity index (χ1n) is 4.56. The molecule has 72 valence electrons. The van der Waals surface area contributed by atoms with Crippen LogP contribution < -0.4 is 5.32 Å². The first-order chi connectivity index (χ1) is 6.36. The first kappa shape index (κ1) is 10.5. The van der Waals surface area contributed by atoms with E-state index in [4.69, 9.17) is 11.6 Å². The molecule has 0 fully saturated rings. The summed E-state index contributed by atoms with van der Waals surface area (Å²) in [5, 5.41) is 3.34. The Morgan fingerprint density at radius 2 is 2.38 bits per heavy atom. The fourth-order valence-electron chi connectivity index (χ4n) is 1.06. The van der Waals surface area contributed by atoms with Crippen molar-refractivity contribution < 1.29 is 0 Å². The molecule has 1 heterocycles. The fraction of sp³-hybridized carbons (Fsp3) is 0.500. The van der Waals surface area contributed by atoms with E-state index in [2.05, 4.69) is 17.2 Å². The molecule has 1 aromatic heterocycles. The molecule has 1 unspecified atom stereocenters. The summed E-state index contributed by atoms with van der Waals surface area (Å²) in [5.74, 6) is 0.656. The number of pyridine rings is 1. The molecule has 0 aliphatic carbocycles. The molecule has 0 spiro atoms. The monoisotopic (exact) mass is 198 g/mol. The maximum atomic E-state index is 5.75. The number of hydrogen-bond acceptors (Lipinski definition) is 2. The van der Waals surface area contributed by atoms with Crippen LogP contribution in [-0.2, 0) is 6.54 Å². The smallest absolute Gasteiger partial charge is 0.0541 e. The highest BCUT2D eigenvalue weighted by molar-refractivity contribution is 6.18. The van der Waals surface area contributed by atoms with Crippen LogP contribution in [0.2, 0.25) is 0 Å². The molecule has 1 N–H and O–H groups in total. The van der Waals surface area contributed by atoms with Gasteiger partial charge < -0.3 is 5.32 Å². The SMILES string of the molecule is CCC(CCl)NCc1ccccn1. The van der Waals surface area contributed by atoms with E-state index in [0.717, 1.165) is 18.7 Å². The number of hydrogen-bond donors (Lipinski definition) is 1. The highest BCUT2D eigenvalue weighted by Crippen LogP contribution is 1.97. The number of rotatable bonds is 5. The van der Waals surface area contributed by atoms with E-state index >= 15 is 0 Å². The predicted molar refractivity (Wildman–Crippen MR) is 55.9 cm³/mol. The number of aromatic nitrogens is 1. The van der Waals surface area contributed by atoms with E-state index in [1.54, 1.807) is 6.20 Å². The minimum atomic E-state index is 0.392. The van der Waals surface area contributed by atoms with Gasteiger partial charge in [0, 0.05) is 24.7 Å². The fourth-order valence-corrected chi connectivity index (χ4v) is 1.39. The van der Waals surface area contributed by atoms with Crippen LogP contribution in [0.4, 0.5) is 0 Å². The number of alkyl halides is 1. The Labute approximate surface area is 84.3 Å². The minimum Gasteiger partial charge on any atom is -0.307 e. The molecular weight excluding hydrogens is 184 g/mol. The third-order valence-corrected chi connectivity index (χ3v) is 2.35. The van der Waals surface area contributed by atoms with Crippen LogP contribution in [0.3, 0.4) is 0 Å². The van der Waals surface area contributed by atoms with Crippen molar-refractivity contribution in [1.29, 1.82) is 0 Å². The van der Waals surface area contributed by atoms with Gasteiger partial charge in [0.05, 0.1) is 5.69 Å². The number of nitrogens with one attached hydrogen (secondary N) is 1. The molecule has 0 saturated carbocycles. The van der Waals surface area contributed by atoms with E-state index in [1.165, 1.54) is 0 Å². The Morgan fingerprint density at radius 1 is 1.54 bits per heavy atom. The van der Waals surface area contributed by atoms with Crippen LogP contribution in [0.15, 0.2) is 24.4 Å². The van der Waals surface area contributed by atoms with E-state index in [9.17, 15) is 0 Å². The molecule has 0 aliphatic rings. The lowest BCUT2D eigenvalue weighted by Crippen LogP contribution is -2.29. The standard InChI is InChI=1S/C10H15ClN2/c1-2-9(7-11)13-8-10-5-3-4-6-12-10/h3-6,9,13H,2,7-8H2,1H3. The van der Waals surface area contributed by atoms with Crippen molar-refractivity contribution in [2.45, 2.75) is 25.9 Å². The van der Waals surface area contributed by atoms with Gasteiger partial charge in [0.2, 0.25) is 0 Å². The average molecular weight is 199 g/mol. The maximum Gasteiger partial charge on any atom is 0.0541 e. The molecule has 0 aliphatic heterocycles. The van der Waals surface area contributed by atoms with Crippen LogP contribution in [-0.4, -0.2) is 16.9 Å². The predicted octanol–water partition coefficient (Wildman–Crippen LogP) is 2.19. The van der Waals surface area contributed by atoms with Crippen LogP contribution in [0.1, 0.15) is 19.0 Å². The molecule has 3 heteroatoms. The molecule has 13 heavy (non-hydrogen) atoms. The molecule has 2 nitrogen and oxygen atoms in total. The van der Waals surface area contributed by atoms with Crippen LogP contribution >= 0.6 is 11.6 Å². The quantitative estimate of drug-likeness (QED) is 0.734. The summed E-state index contributed by atoms with van der Waals surface area (Å²) in [4.78, 5) is 4.21. The van der Waals surface area contributed by atoms with Gasteiger partial charge in [0.15, 0.2) is 0 Å². The lowest BCUT2D eigenvalue weighted by molar-refractivity contribution is 0.533. The third kappa shape index (κ3) is 3.75. The van der Waals surface area contributed by atoms with Gasteiger partial charge in [0.25, 0.3) is 0 Å². The lowest BCUT2D eigenvalue weighted by atomic mass is 10.2. The average Bonchev–Trinajstić information content (AvgIpc) is 2.21. The highest BCUT2D eigenvalue weighted by atomic mass is 35.5. The minimum absolute atomic E-state index is 0.392. The van der Waals surface area contributed by atoms with Gasteiger partial charge in [-0.25, -0.2) is 0 Å². The molecule has 0 bridgehead atoms. The summed E-state index contributed by atoms with van der Waals surface area (Å²) in [6.07, 6.45) is 2.86.